The van der Waals surface area contributed by atoms with Crippen molar-refractivity contribution in [3.63, 3.8) is 0 Å². The lowest BCUT2D eigenvalue weighted by Gasteiger charge is -2.21. The quantitative estimate of drug-likeness (QED) is 0.661. The second-order valence-electron chi connectivity index (χ2n) is 6.49. The first-order valence-electron chi connectivity index (χ1n) is 8.09. The molecule has 8 heteroatoms. The first-order valence-corrected chi connectivity index (χ1v) is 8.09. The monoisotopic (exact) mass is 330 g/mol. The molecule has 1 aliphatic heterocycles. The summed E-state index contributed by atoms with van der Waals surface area (Å²) < 4.78 is 5.40. The average molecular weight is 330 g/mol. The highest BCUT2D eigenvalue weighted by Gasteiger charge is 2.38. The van der Waals surface area contributed by atoms with Gasteiger partial charge in [0.25, 0.3) is 5.69 Å². The van der Waals surface area contributed by atoms with Gasteiger partial charge in [-0.05, 0) is 19.3 Å². The molecule has 1 aromatic carbocycles. The molecule has 2 aliphatic rings. The second-order valence-corrected chi connectivity index (χ2v) is 6.49. The molecule has 1 saturated heterocycles. The molecule has 126 valence electrons. The van der Waals surface area contributed by atoms with Crippen LogP contribution in [0, 0.1) is 10.1 Å². The number of aliphatic hydroxyl groups is 1. The van der Waals surface area contributed by atoms with Gasteiger partial charge in [-0.15, -0.1) is 0 Å². The van der Waals surface area contributed by atoms with Crippen molar-refractivity contribution in [1.82, 2.24) is 15.0 Å². The summed E-state index contributed by atoms with van der Waals surface area (Å²) >= 11 is 0. The van der Waals surface area contributed by atoms with Crippen LogP contribution < -0.4 is 0 Å². The summed E-state index contributed by atoms with van der Waals surface area (Å²) in [5, 5.41) is 25.3. The van der Waals surface area contributed by atoms with Crippen LogP contribution >= 0.6 is 0 Å². The van der Waals surface area contributed by atoms with Gasteiger partial charge in [0.2, 0.25) is 5.89 Å². The minimum atomic E-state index is -0.506. The molecule has 2 heterocycles. The molecule has 24 heavy (non-hydrogen) atoms. The van der Waals surface area contributed by atoms with Crippen LogP contribution in [-0.4, -0.2) is 37.7 Å². The van der Waals surface area contributed by atoms with E-state index in [4.69, 9.17) is 4.52 Å². The molecule has 0 amide bonds. The molecular weight excluding hydrogens is 312 g/mol. The van der Waals surface area contributed by atoms with Crippen molar-refractivity contribution in [2.24, 2.45) is 0 Å². The van der Waals surface area contributed by atoms with Gasteiger partial charge in [-0.1, -0.05) is 23.4 Å². The zero-order valence-electron chi connectivity index (χ0n) is 13.0. The van der Waals surface area contributed by atoms with Crippen LogP contribution in [0.3, 0.4) is 0 Å². The Labute approximate surface area is 138 Å². The van der Waals surface area contributed by atoms with Crippen molar-refractivity contribution in [3.8, 4) is 0 Å². The van der Waals surface area contributed by atoms with Crippen LogP contribution in [0.1, 0.15) is 48.5 Å². The van der Waals surface area contributed by atoms with Gasteiger partial charge >= 0.3 is 0 Å². The van der Waals surface area contributed by atoms with Gasteiger partial charge in [0.1, 0.15) is 0 Å². The third-order valence-electron chi connectivity index (χ3n) is 4.63. The Bertz CT molecular complexity index is 758. The molecule has 4 rings (SSSR count). The van der Waals surface area contributed by atoms with Crippen LogP contribution in [0.25, 0.3) is 0 Å². The fraction of sp³-hybridized carbons (Fsp3) is 0.500. The van der Waals surface area contributed by atoms with E-state index in [1.165, 1.54) is 6.07 Å². The van der Waals surface area contributed by atoms with E-state index < -0.39 is 6.10 Å². The molecule has 8 nitrogen and oxygen atoms in total. The number of aromatic nitrogens is 2. The Balaban J connectivity index is 1.57. The van der Waals surface area contributed by atoms with Gasteiger partial charge < -0.3 is 9.63 Å². The summed E-state index contributed by atoms with van der Waals surface area (Å²) in [6.07, 6.45) is 2.17. The van der Waals surface area contributed by atoms with Crippen molar-refractivity contribution in [1.29, 1.82) is 0 Å². The normalized spacial score (nSPS) is 24.4. The van der Waals surface area contributed by atoms with E-state index in [9.17, 15) is 15.2 Å². The van der Waals surface area contributed by atoms with Crippen LogP contribution in [0.5, 0.6) is 0 Å². The number of β-amino-alcohol motifs (C(OH)–C–C–N with tert-alkyl or cyclic N) is 1. The largest absolute Gasteiger partial charge is 0.392 e. The lowest BCUT2D eigenvalue weighted by atomic mass is 10.1. The number of hydrogen-bond donors (Lipinski definition) is 1. The zero-order valence-corrected chi connectivity index (χ0v) is 13.0. The van der Waals surface area contributed by atoms with E-state index >= 15 is 0 Å². The number of likely N-dealkylation sites (tertiary alicyclic amines) is 1. The molecular formula is C16H18N4O4. The molecule has 2 fully saturated rings. The average Bonchev–Trinajstić information content (AvgIpc) is 3.18. The van der Waals surface area contributed by atoms with Crippen molar-refractivity contribution in [2.75, 3.05) is 6.54 Å². The smallest absolute Gasteiger partial charge is 0.273 e. The maximum absolute atomic E-state index is 11.2. The molecule has 0 unspecified atom stereocenters. The van der Waals surface area contributed by atoms with E-state index in [0.29, 0.717) is 36.9 Å². The molecule has 0 bridgehead atoms. The number of nitro groups is 1. The molecule has 2 aromatic rings. The molecule has 1 aromatic heterocycles. The summed E-state index contributed by atoms with van der Waals surface area (Å²) in [5.41, 5.74) is 0.699. The number of nitro benzene ring substituents is 1. The summed E-state index contributed by atoms with van der Waals surface area (Å²) in [7, 11) is 0. The Morgan fingerprint density at radius 2 is 2.17 bits per heavy atom. The van der Waals surface area contributed by atoms with E-state index in [0.717, 1.165) is 18.7 Å². The summed E-state index contributed by atoms with van der Waals surface area (Å²) in [4.78, 5) is 17.3. The molecule has 1 saturated carbocycles. The Kier molecular flexibility index (Phi) is 3.78. The highest BCUT2D eigenvalue weighted by molar-refractivity contribution is 5.39. The van der Waals surface area contributed by atoms with E-state index in [-0.39, 0.29) is 16.7 Å². The maximum Gasteiger partial charge on any atom is 0.273 e. The first-order chi connectivity index (χ1) is 11.6. The van der Waals surface area contributed by atoms with E-state index in [2.05, 4.69) is 10.1 Å². The van der Waals surface area contributed by atoms with Crippen LogP contribution in [-0.2, 0) is 6.54 Å². The van der Waals surface area contributed by atoms with Crippen LogP contribution in [0.2, 0.25) is 0 Å². The molecule has 0 spiro atoms. The van der Waals surface area contributed by atoms with Crippen LogP contribution in [0.4, 0.5) is 5.69 Å². The van der Waals surface area contributed by atoms with Gasteiger partial charge in [0.15, 0.2) is 5.82 Å². The summed E-state index contributed by atoms with van der Waals surface area (Å²) in [6, 6.07) is 6.46. The summed E-state index contributed by atoms with van der Waals surface area (Å²) in [6.45, 7) is 0.790. The SMILES string of the molecule is O=[N+]([O-])c1ccccc1CN1C[C@H](O)C[C@H]1c1nc(C2CC2)no1. The van der Waals surface area contributed by atoms with Gasteiger partial charge in [-0.25, -0.2) is 0 Å². The van der Waals surface area contributed by atoms with Gasteiger partial charge in [0, 0.05) is 30.6 Å². The predicted octanol–water partition coefficient (Wildman–Crippen LogP) is 2.16. The third-order valence-corrected chi connectivity index (χ3v) is 4.63. The van der Waals surface area contributed by atoms with E-state index in [1.807, 2.05) is 4.90 Å². The zero-order chi connectivity index (χ0) is 16.7. The third kappa shape index (κ3) is 2.90. The highest BCUT2D eigenvalue weighted by atomic mass is 16.6. The lowest BCUT2D eigenvalue weighted by molar-refractivity contribution is -0.385. The van der Waals surface area contributed by atoms with E-state index in [1.54, 1.807) is 18.2 Å². The minimum Gasteiger partial charge on any atom is -0.392 e. The van der Waals surface area contributed by atoms with Gasteiger partial charge in [0.05, 0.1) is 17.1 Å². The number of nitrogens with zero attached hydrogens (tertiary/aromatic N) is 4. The first kappa shape index (κ1) is 15.2. The number of para-hydroxylation sites is 1. The van der Waals surface area contributed by atoms with Crippen molar-refractivity contribution >= 4 is 5.69 Å². The Morgan fingerprint density at radius 3 is 2.92 bits per heavy atom. The number of aliphatic hydroxyl groups excluding tert-OH is 1. The second kappa shape index (κ2) is 5.95. The van der Waals surface area contributed by atoms with Crippen LogP contribution in [0.15, 0.2) is 28.8 Å². The standard InChI is InChI=1S/C16H18N4O4/c21-12-7-14(16-17-15(18-24-16)10-5-6-10)19(9-12)8-11-3-1-2-4-13(11)20(22)23/h1-4,10,12,14,21H,5-9H2/t12-,14+/m1/s1. The number of benzene rings is 1. The highest BCUT2D eigenvalue weighted by Crippen LogP contribution is 2.40. The molecule has 0 radical (unpaired) electrons. The summed E-state index contributed by atoms with van der Waals surface area (Å²) in [5.74, 6) is 1.63. The van der Waals surface area contributed by atoms with Crippen molar-refractivity contribution < 1.29 is 14.6 Å². The van der Waals surface area contributed by atoms with Gasteiger partial charge in [-0.3, -0.25) is 15.0 Å². The van der Waals surface area contributed by atoms with Crippen molar-refractivity contribution in [2.45, 2.75) is 43.9 Å². The Morgan fingerprint density at radius 1 is 1.38 bits per heavy atom. The fourth-order valence-corrected chi connectivity index (χ4v) is 3.24. The molecule has 1 aliphatic carbocycles. The number of hydrogen-bond acceptors (Lipinski definition) is 7. The topological polar surface area (TPSA) is 106 Å². The Hall–Kier alpha value is -2.32. The molecule has 1 N–H and O–H groups in total. The fourth-order valence-electron chi connectivity index (χ4n) is 3.24. The predicted molar refractivity (Wildman–Crippen MR) is 83.1 cm³/mol. The maximum atomic E-state index is 11.2. The number of rotatable bonds is 5. The lowest BCUT2D eigenvalue weighted by Crippen LogP contribution is -2.25. The van der Waals surface area contributed by atoms with Crippen molar-refractivity contribution in [3.05, 3.63) is 51.7 Å². The minimum absolute atomic E-state index is 0.0850. The molecule has 2 atom stereocenters. The van der Waals surface area contributed by atoms with Gasteiger partial charge in [-0.2, -0.15) is 4.98 Å².